The van der Waals surface area contributed by atoms with E-state index in [-0.39, 0.29) is 30.5 Å². The van der Waals surface area contributed by atoms with Crippen molar-refractivity contribution in [2.75, 3.05) is 27.2 Å². The van der Waals surface area contributed by atoms with Crippen LogP contribution < -0.4 is 10.6 Å². The first-order valence-corrected chi connectivity index (χ1v) is 7.39. The number of alkyl halides is 3. The van der Waals surface area contributed by atoms with Crippen molar-refractivity contribution in [3.63, 3.8) is 0 Å². The third-order valence-electron chi connectivity index (χ3n) is 2.86. The molecule has 1 heterocycles. The van der Waals surface area contributed by atoms with Gasteiger partial charge in [-0.15, -0.1) is 35.3 Å². The van der Waals surface area contributed by atoms with Crippen LogP contribution in [0, 0.1) is 6.92 Å². The zero-order chi connectivity index (χ0) is 16.8. The van der Waals surface area contributed by atoms with Crippen molar-refractivity contribution in [1.82, 2.24) is 15.5 Å². The van der Waals surface area contributed by atoms with Crippen LogP contribution in [0.4, 0.5) is 13.2 Å². The SMILES string of the molecule is CN=C(NCC(=O)N(C)CC(F)(F)F)NCc1sccc1C.I. The van der Waals surface area contributed by atoms with Crippen molar-refractivity contribution in [2.45, 2.75) is 19.6 Å². The van der Waals surface area contributed by atoms with Crippen LogP contribution in [0.2, 0.25) is 0 Å². The molecular weight excluding hydrogens is 444 g/mol. The largest absolute Gasteiger partial charge is 0.406 e. The Bertz CT molecular complexity index is 534. The predicted molar refractivity (Wildman–Crippen MR) is 96.4 cm³/mol. The molecule has 10 heteroatoms. The zero-order valence-corrected chi connectivity index (χ0v) is 16.2. The quantitative estimate of drug-likeness (QED) is 0.400. The van der Waals surface area contributed by atoms with Gasteiger partial charge in [0.25, 0.3) is 0 Å². The molecule has 0 spiro atoms. The Balaban J connectivity index is 0.00000484. The first kappa shape index (κ1) is 22.0. The number of thiophene rings is 1. The molecule has 5 nitrogen and oxygen atoms in total. The first-order chi connectivity index (χ1) is 10.2. The predicted octanol–water partition coefficient (Wildman–Crippen LogP) is 2.36. The Morgan fingerprint density at radius 1 is 1.39 bits per heavy atom. The third-order valence-corrected chi connectivity index (χ3v) is 3.88. The number of hydrogen-bond donors (Lipinski definition) is 2. The number of likely N-dealkylation sites (N-methyl/N-ethyl adjacent to an activating group) is 1. The molecule has 132 valence electrons. The molecule has 0 atom stereocenters. The summed E-state index contributed by atoms with van der Waals surface area (Å²) in [5.74, 6) is -0.297. The maximum Gasteiger partial charge on any atom is 0.406 e. The Labute approximate surface area is 154 Å². The van der Waals surface area contributed by atoms with Gasteiger partial charge in [-0.2, -0.15) is 13.2 Å². The highest BCUT2D eigenvalue weighted by Crippen LogP contribution is 2.15. The smallest absolute Gasteiger partial charge is 0.352 e. The average molecular weight is 464 g/mol. The first-order valence-electron chi connectivity index (χ1n) is 6.51. The third kappa shape index (κ3) is 8.39. The Morgan fingerprint density at radius 2 is 2.04 bits per heavy atom. The van der Waals surface area contributed by atoms with Crippen molar-refractivity contribution >= 4 is 47.2 Å². The van der Waals surface area contributed by atoms with Gasteiger partial charge >= 0.3 is 6.18 Å². The molecule has 1 amide bonds. The molecule has 0 aliphatic rings. The number of amides is 1. The number of aliphatic imine (C=N–C) groups is 1. The summed E-state index contributed by atoms with van der Waals surface area (Å²) in [4.78, 5) is 17.3. The van der Waals surface area contributed by atoms with Gasteiger partial charge in [0.05, 0.1) is 13.1 Å². The molecule has 0 radical (unpaired) electrons. The lowest BCUT2D eigenvalue weighted by Gasteiger charge is -2.20. The highest BCUT2D eigenvalue weighted by Gasteiger charge is 2.31. The fraction of sp³-hybridized carbons (Fsp3) is 0.538. The molecule has 0 saturated heterocycles. The zero-order valence-electron chi connectivity index (χ0n) is 13.0. The maximum absolute atomic E-state index is 12.2. The summed E-state index contributed by atoms with van der Waals surface area (Å²) < 4.78 is 36.6. The van der Waals surface area contributed by atoms with Crippen LogP contribution in [0.1, 0.15) is 10.4 Å². The lowest BCUT2D eigenvalue weighted by Crippen LogP contribution is -2.45. The molecule has 0 bridgehead atoms. The fourth-order valence-corrected chi connectivity index (χ4v) is 2.47. The van der Waals surface area contributed by atoms with Gasteiger partial charge in [0.15, 0.2) is 5.96 Å². The Morgan fingerprint density at radius 3 is 2.52 bits per heavy atom. The minimum absolute atomic E-state index is 0. The van der Waals surface area contributed by atoms with Crippen LogP contribution in [-0.2, 0) is 11.3 Å². The summed E-state index contributed by atoms with van der Waals surface area (Å²) >= 11 is 1.59. The van der Waals surface area contributed by atoms with E-state index >= 15 is 0 Å². The van der Waals surface area contributed by atoms with Crippen LogP contribution in [0.15, 0.2) is 16.4 Å². The lowest BCUT2D eigenvalue weighted by atomic mass is 10.3. The van der Waals surface area contributed by atoms with E-state index in [4.69, 9.17) is 0 Å². The van der Waals surface area contributed by atoms with Gasteiger partial charge in [0.1, 0.15) is 6.54 Å². The molecule has 0 aliphatic carbocycles. The van der Waals surface area contributed by atoms with Crippen LogP contribution in [0.3, 0.4) is 0 Å². The number of nitrogens with zero attached hydrogens (tertiary/aromatic N) is 2. The molecule has 2 N–H and O–H groups in total. The number of aryl methyl sites for hydroxylation is 1. The fourth-order valence-electron chi connectivity index (χ4n) is 1.62. The summed E-state index contributed by atoms with van der Waals surface area (Å²) in [6.45, 7) is 0.999. The van der Waals surface area contributed by atoms with E-state index in [1.165, 1.54) is 7.05 Å². The number of hydrogen-bond acceptors (Lipinski definition) is 3. The van der Waals surface area contributed by atoms with E-state index in [9.17, 15) is 18.0 Å². The molecule has 1 aromatic rings. The van der Waals surface area contributed by atoms with E-state index in [1.807, 2.05) is 18.4 Å². The second-order valence-electron chi connectivity index (χ2n) is 4.67. The second kappa shape index (κ2) is 9.96. The van der Waals surface area contributed by atoms with E-state index in [0.717, 1.165) is 17.5 Å². The molecule has 0 unspecified atom stereocenters. The maximum atomic E-state index is 12.2. The van der Waals surface area contributed by atoms with Crippen molar-refractivity contribution in [3.8, 4) is 0 Å². The molecule has 0 fully saturated rings. The van der Waals surface area contributed by atoms with E-state index in [2.05, 4.69) is 15.6 Å². The van der Waals surface area contributed by atoms with E-state index < -0.39 is 18.6 Å². The molecule has 1 aromatic heterocycles. The van der Waals surface area contributed by atoms with E-state index in [1.54, 1.807) is 11.3 Å². The second-order valence-corrected chi connectivity index (χ2v) is 5.67. The number of halogens is 4. The van der Waals surface area contributed by atoms with Gasteiger partial charge in [-0.25, -0.2) is 0 Å². The highest BCUT2D eigenvalue weighted by atomic mass is 127. The molecule has 23 heavy (non-hydrogen) atoms. The highest BCUT2D eigenvalue weighted by molar-refractivity contribution is 14.0. The average Bonchev–Trinajstić information content (AvgIpc) is 2.82. The van der Waals surface area contributed by atoms with Gasteiger partial charge < -0.3 is 15.5 Å². The van der Waals surface area contributed by atoms with Gasteiger partial charge in [0.2, 0.25) is 5.91 Å². The van der Waals surface area contributed by atoms with Gasteiger partial charge in [0, 0.05) is 19.0 Å². The molecule has 0 aromatic carbocycles. The Hall–Kier alpha value is -1.04. The topological polar surface area (TPSA) is 56.7 Å². The Kier molecular flexibility index (Phi) is 9.51. The normalized spacial score (nSPS) is 11.7. The van der Waals surface area contributed by atoms with Gasteiger partial charge in [-0.1, -0.05) is 0 Å². The summed E-state index contributed by atoms with van der Waals surface area (Å²) in [5, 5.41) is 7.68. The minimum Gasteiger partial charge on any atom is -0.352 e. The molecule has 1 rings (SSSR count). The number of guanidine groups is 1. The molecule has 0 saturated carbocycles. The monoisotopic (exact) mass is 464 g/mol. The van der Waals surface area contributed by atoms with Crippen LogP contribution in [0.25, 0.3) is 0 Å². The van der Waals surface area contributed by atoms with Crippen molar-refractivity contribution in [1.29, 1.82) is 0 Å². The van der Waals surface area contributed by atoms with Crippen LogP contribution in [0.5, 0.6) is 0 Å². The van der Waals surface area contributed by atoms with Gasteiger partial charge in [-0.3, -0.25) is 9.79 Å². The summed E-state index contributed by atoms with van der Waals surface area (Å²) in [5.41, 5.74) is 1.15. The van der Waals surface area contributed by atoms with Crippen molar-refractivity contribution in [2.24, 2.45) is 4.99 Å². The van der Waals surface area contributed by atoms with Crippen molar-refractivity contribution < 1.29 is 18.0 Å². The summed E-state index contributed by atoms with van der Waals surface area (Å²) in [7, 11) is 2.64. The molecule has 0 aliphatic heterocycles. The number of carbonyl (C=O) groups is 1. The standard InChI is InChI=1S/C13H19F3N4OS.HI/c1-9-4-5-22-10(9)6-18-12(17-2)19-7-11(21)20(3)8-13(14,15)16;/h4-5H,6-8H2,1-3H3,(H2,17,18,19);1H. The minimum atomic E-state index is -4.40. The van der Waals surface area contributed by atoms with Crippen LogP contribution >= 0.6 is 35.3 Å². The number of carbonyl (C=O) groups excluding carboxylic acids is 1. The number of nitrogens with one attached hydrogen (secondary N) is 2. The van der Waals surface area contributed by atoms with Gasteiger partial charge in [-0.05, 0) is 23.9 Å². The molecular formula is C13H20F3IN4OS. The summed E-state index contributed by atoms with van der Waals surface area (Å²) in [6.07, 6.45) is -4.40. The van der Waals surface area contributed by atoms with E-state index in [0.29, 0.717) is 17.4 Å². The lowest BCUT2D eigenvalue weighted by molar-refractivity contribution is -0.157. The van der Waals surface area contributed by atoms with Crippen LogP contribution in [-0.4, -0.2) is 50.1 Å². The van der Waals surface area contributed by atoms with Crippen molar-refractivity contribution in [3.05, 3.63) is 21.9 Å². The number of rotatable bonds is 5. The summed E-state index contributed by atoms with van der Waals surface area (Å²) in [6, 6.07) is 1.99.